The minimum absolute atomic E-state index is 0.132. The first-order chi connectivity index (χ1) is 20.2. The Kier molecular flexibility index (Phi) is 10.1. The fourth-order valence-electron chi connectivity index (χ4n) is 5.42. The number of benzene rings is 1. The monoisotopic (exact) mass is 619 g/mol. The molecule has 7 atom stereocenters. The average molecular weight is 620 g/mol. The molecule has 2 fully saturated rings. The van der Waals surface area contributed by atoms with E-state index in [1.54, 1.807) is 39.0 Å². The third-order valence-corrected chi connectivity index (χ3v) is 8.79. The highest BCUT2D eigenvalue weighted by Crippen LogP contribution is 2.41. The lowest BCUT2D eigenvalue weighted by atomic mass is 9.88. The van der Waals surface area contributed by atoms with E-state index in [-0.39, 0.29) is 36.1 Å². The summed E-state index contributed by atoms with van der Waals surface area (Å²) in [5, 5.41) is 14.1. The number of nitrogens with zero attached hydrogens (tertiary/aromatic N) is 2. The van der Waals surface area contributed by atoms with Gasteiger partial charge in [-0.2, -0.15) is 0 Å². The van der Waals surface area contributed by atoms with Gasteiger partial charge in [0, 0.05) is 25.8 Å². The molecule has 12 heteroatoms. The fraction of sp³-hybridized carbons (Fsp3) is 0.581. The molecule has 0 aromatic heterocycles. The van der Waals surface area contributed by atoms with Crippen LogP contribution in [-0.4, -0.2) is 92.4 Å². The van der Waals surface area contributed by atoms with Crippen LogP contribution < -0.4 is 15.0 Å². The Bertz CT molecular complexity index is 1300. The van der Waals surface area contributed by atoms with Gasteiger partial charge in [-0.15, -0.1) is 0 Å². The minimum atomic E-state index is -1.51. The Morgan fingerprint density at radius 3 is 2.67 bits per heavy atom. The number of aliphatic hydroxyl groups is 1. The first kappa shape index (κ1) is 32.8. The third-order valence-electron chi connectivity index (χ3n) is 8.41. The zero-order valence-electron chi connectivity index (χ0n) is 25.8. The second-order valence-corrected chi connectivity index (χ2v) is 12.3. The number of amides is 2. The lowest BCUT2D eigenvalue weighted by molar-refractivity contribution is -0.156. The topological polar surface area (TPSA) is 130 Å². The first-order valence-electron chi connectivity index (χ1n) is 14.4. The molecule has 3 aliphatic rings. The number of rotatable bonds is 4. The summed E-state index contributed by atoms with van der Waals surface area (Å²) in [4.78, 5) is 42.3. The van der Waals surface area contributed by atoms with Gasteiger partial charge in [0.15, 0.2) is 0 Å². The summed E-state index contributed by atoms with van der Waals surface area (Å²) >= 11 is 6.67. The smallest absolute Gasteiger partial charge is 0.409 e. The molecule has 11 nitrogen and oxygen atoms in total. The van der Waals surface area contributed by atoms with Crippen LogP contribution in [0.3, 0.4) is 0 Å². The maximum absolute atomic E-state index is 13.7. The summed E-state index contributed by atoms with van der Waals surface area (Å²) < 4.78 is 23.0. The van der Waals surface area contributed by atoms with Crippen molar-refractivity contribution >= 4 is 35.3 Å². The van der Waals surface area contributed by atoms with Crippen molar-refractivity contribution in [2.24, 2.45) is 5.92 Å². The lowest BCUT2D eigenvalue weighted by Gasteiger charge is -2.38. The van der Waals surface area contributed by atoms with Gasteiger partial charge in [-0.05, 0) is 52.1 Å². The van der Waals surface area contributed by atoms with Crippen LogP contribution in [-0.2, 0) is 30.2 Å². The molecule has 3 unspecified atom stereocenters. The Labute approximate surface area is 257 Å². The van der Waals surface area contributed by atoms with Crippen molar-refractivity contribution in [2.45, 2.75) is 82.6 Å². The summed E-state index contributed by atoms with van der Waals surface area (Å²) in [7, 11) is 6.65. The van der Waals surface area contributed by atoms with Crippen LogP contribution in [0.15, 0.2) is 35.9 Å². The van der Waals surface area contributed by atoms with E-state index in [4.69, 9.17) is 30.5 Å². The van der Waals surface area contributed by atoms with Crippen molar-refractivity contribution in [1.82, 2.24) is 10.2 Å². The van der Waals surface area contributed by atoms with Crippen LogP contribution in [0.4, 0.5) is 10.5 Å². The van der Waals surface area contributed by atoms with E-state index >= 15 is 0 Å². The largest absolute Gasteiger partial charge is 0.495 e. The number of alkyl carbamates (subject to hydrolysis) is 1. The van der Waals surface area contributed by atoms with Crippen LogP contribution >= 0.6 is 11.6 Å². The molecule has 0 spiro atoms. The number of anilines is 1. The number of carbonyl (C=O) groups is 3. The van der Waals surface area contributed by atoms with E-state index in [0.29, 0.717) is 17.9 Å². The summed E-state index contributed by atoms with van der Waals surface area (Å²) in [5.74, 6) is -0.764. The van der Waals surface area contributed by atoms with Gasteiger partial charge in [-0.3, -0.25) is 19.8 Å². The number of likely N-dealkylation sites (N-methyl/N-ethyl adjacent to an activating group) is 1. The Morgan fingerprint density at radius 2 is 2.00 bits per heavy atom. The maximum atomic E-state index is 13.7. The second-order valence-electron chi connectivity index (χ2n) is 12.0. The summed E-state index contributed by atoms with van der Waals surface area (Å²) in [6, 6.07) is 3.11. The molecular formula is C31H42ClN3O8. The summed E-state index contributed by atoms with van der Waals surface area (Å²) in [6.07, 6.45) is 2.85. The zero-order valence-corrected chi connectivity index (χ0v) is 26.5. The molecule has 43 heavy (non-hydrogen) atoms. The van der Waals surface area contributed by atoms with Crippen LogP contribution in [0, 0.1) is 5.92 Å². The summed E-state index contributed by atoms with van der Waals surface area (Å²) in [5.41, 5.74) is 0.831. The van der Waals surface area contributed by atoms with Crippen LogP contribution in [0.1, 0.15) is 45.6 Å². The highest BCUT2D eigenvalue weighted by molar-refractivity contribution is 6.35. The lowest BCUT2D eigenvalue weighted by Crippen LogP contribution is -2.57. The van der Waals surface area contributed by atoms with E-state index in [9.17, 15) is 19.5 Å². The van der Waals surface area contributed by atoms with Crippen molar-refractivity contribution in [2.75, 3.05) is 33.2 Å². The van der Waals surface area contributed by atoms with Crippen molar-refractivity contribution in [3.63, 3.8) is 0 Å². The molecule has 3 heterocycles. The standard InChI is InChI=1S/C31H42ClN3O8/c1-17-10-8-9-11-31(39)16-24(42-30(38)33-31)18(2)27-28(43-27)23(41-29(37)19(3)34(4)5)15-25(36)35(6)21-13-20(12-17)14-22(40-7)26(21)32/h8-10,13-14,18-19,23-24,27-28,39H,11-12,15-16H2,1-7H3,(H,33,38)/b9-8+,17-10+/t18-,19+,23+,24?,27?,28?,31-/m1/s1. The van der Waals surface area contributed by atoms with E-state index < -0.39 is 48.2 Å². The maximum Gasteiger partial charge on any atom is 0.409 e. The first-order valence-corrected chi connectivity index (χ1v) is 14.8. The average Bonchev–Trinajstić information content (AvgIpc) is 3.74. The number of nitrogens with one attached hydrogen (secondary N) is 1. The van der Waals surface area contributed by atoms with Gasteiger partial charge in [-0.1, -0.05) is 42.3 Å². The summed E-state index contributed by atoms with van der Waals surface area (Å²) in [6.45, 7) is 5.53. The number of fused-ring (bicyclic) bond motifs is 5. The van der Waals surface area contributed by atoms with Gasteiger partial charge in [0.25, 0.3) is 0 Å². The molecule has 2 N–H and O–H groups in total. The van der Waals surface area contributed by atoms with E-state index in [1.165, 1.54) is 12.0 Å². The van der Waals surface area contributed by atoms with Gasteiger partial charge >= 0.3 is 12.1 Å². The number of hydrogen-bond donors (Lipinski definition) is 2. The predicted octanol–water partition coefficient (Wildman–Crippen LogP) is 3.60. The minimum Gasteiger partial charge on any atom is -0.495 e. The van der Waals surface area contributed by atoms with Crippen molar-refractivity contribution < 1.29 is 38.4 Å². The fourth-order valence-corrected chi connectivity index (χ4v) is 5.73. The molecule has 1 aromatic carbocycles. The van der Waals surface area contributed by atoms with E-state index in [1.807, 2.05) is 38.1 Å². The Morgan fingerprint density at radius 1 is 1.28 bits per heavy atom. The van der Waals surface area contributed by atoms with Gasteiger partial charge < -0.3 is 29.0 Å². The van der Waals surface area contributed by atoms with Crippen LogP contribution in [0.5, 0.6) is 5.75 Å². The molecule has 3 aliphatic heterocycles. The molecule has 236 valence electrons. The molecule has 2 saturated heterocycles. The molecule has 0 saturated carbocycles. The van der Waals surface area contributed by atoms with Crippen molar-refractivity contribution in [3.05, 3.63) is 46.5 Å². The highest BCUT2D eigenvalue weighted by atomic mass is 35.5. The Hall–Kier alpha value is -3.12. The van der Waals surface area contributed by atoms with Gasteiger partial charge in [0.2, 0.25) is 5.91 Å². The number of esters is 1. The van der Waals surface area contributed by atoms with Crippen molar-refractivity contribution in [3.8, 4) is 5.75 Å². The number of epoxide rings is 1. The van der Waals surface area contributed by atoms with Crippen LogP contribution in [0.25, 0.3) is 0 Å². The number of ether oxygens (including phenoxy) is 4. The molecule has 0 radical (unpaired) electrons. The normalized spacial score (nSPS) is 32.5. The molecule has 1 aromatic rings. The molecule has 2 amide bonds. The second kappa shape index (κ2) is 13.3. The van der Waals surface area contributed by atoms with E-state index in [0.717, 1.165) is 11.1 Å². The van der Waals surface area contributed by atoms with Gasteiger partial charge in [0.05, 0.1) is 25.3 Å². The number of hydrogen-bond acceptors (Lipinski definition) is 9. The molecule has 4 rings (SSSR count). The predicted molar refractivity (Wildman–Crippen MR) is 161 cm³/mol. The third kappa shape index (κ3) is 7.70. The number of methoxy groups -OCH3 is 1. The highest BCUT2D eigenvalue weighted by Gasteiger charge is 2.55. The van der Waals surface area contributed by atoms with Crippen molar-refractivity contribution in [1.29, 1.82) is 0 Å². The quantitative estimate of drug-likeness (QED) is 0.383. The number of halogens is 1. The van der Waals surface area contributed by atoms with Gasteiger partial charge in [-0.25, -0.2) is 4.79 Å². The van der Waals surface area contributed by atoms with E-state index in [2.05, 4.69) is 5.32 Å². The van der Waals surface area contributed by atoms with Gasteiger partial charge in [0.1, 0.15) is 40.9 Å². The molecule has 4 bridgehead atoms. The number of carbonyl (C=O) groups excluding carboxylic acids is 3. The Balaban J connectivity index is 1.72. The number of allylic oxidation sites excluding steroid dienone is 3. The van der Waals surface area contributed by atoms with Crippen LogP contribution in [0.2, 0.25) is 5.02 Å². The SMILES string of the molecule is COc1cc2cc(c1Cl)N(C)C(=O)C[C@H](OC(=O)[C@H](C)N(C)C)C1OC1[C@H](C)C1C[C@](O)(C/C=C/C=C(\C)C2)NC(=O)O1. The molecular weight excluding hydrogens is 578 g/mol. The zero-order chi connectivity index (χ0) is 31.6. The molecule has 0 aliphatic carbocycles.